The minimum Gasteiger partial charge on any atom is -0.479 e. The second-order valence-corrected chi connectivity index (χ2v) is 14.0. The van der Waals surface area contributed by atoms with Gasteiger partial charge in [0.25, 0.3) is 0 Å². The highest BCUT2D eigenvalue weighted by Gasteiger charge is 2.60. The summed E-state index contributed by atoms with van der Waals surface area (Å²) in [6.07, 6.45) is 4.65. The molecule has 6 atom stereocenters. The zero-order chi connectivity index (χ0) is 33.9. The number of carbonyl (C=O) groups is 5. The molecule has 11 heteroatoms. The van der Waals surface area contributed by atoms with Crippen LogP contribution in [-0.2, 0) is 35.3 Å². The second kappa shape index (κ2) is 14.4. The van der Waals surface area contributed by atoms with Crippen molar-refractivity contribution in [3.8, 4) is 0 Å². The van der Waals surface area contributed by atoms with Gasteiger partial charge in [-0.3, -0.25) is 19.2 Å². The van der Waals surface area contributed by atoms with Gasteiger partial charge in [-0.25, -0.2) is 4.79 Å². The van der Waals surface area contributed by atoms with Crippen molar-refractivity contribution in [1.29, 1.82) is 0 Å². The molecule has 0 bridgehead atoms. The number of hydrogen-bond acceptors (Lipinski definition) is 6. The number of carboxylic acid groups (broad SMARTS) is 1. The Morgan fingerprint density at radius 2 is 1.68 bits per heavy atom. The lowest BCUT2D eigenvalue weighted by Crippen LogP contribution is -2.60. The van der Waals surface area contributed by atoms with Gasteiger partial charge in [0.05, 0.1) is 12.7 Å². The number of likely N-dealkylation sites (tertiary alicyclic amines) is 1. The van der Waals surface area contributed by atoms with Crippen LogP contribution in [0.15, 0.2) is 42.5 Å². The maximum absolute atomic E-state index is 14.3. The molecule has 254 valence electrons. The highest BCUT2D eigenvalue weighted by atomic mass is 16.5. The van der Waals surface area contributed by atoms with Gasteiger partial charge in [-0.15, -0.1) is 0 Å². The normalized spacial score (nSPS) is 25.6. The van der Waals surface area contributed by atoms with Crippen LogP contribution in [0.5, 0.6) is 0 Å². The first-order valence-corrected chi connectivity index (χ1v) is 16.9. The minimum atomic E-state index is -1.36. The Bertz CT molecular complexity index is 1500. The molecule has 2 aromatic carbocycles. The Kier molecular flexibility index (Phi) is 10.5. The number of nitrogens with one attached hydrogen (secondary N) is 3. The highest BCUT2D eigenvalue weighted by molar-refractivity contribution is 5.97. The molecular formula is C36H48N4O7. The van der Waals surface area contributed by atoms with E-state index in [0.717, 1.165) is 48.4 Å². The maximum Gasteiger partial charge on any atom is 0.329 e. The molecule has 4 amide bonds. The first kappa shape index (κ1) is 34.3. The molecule has 3 aliphatic rings. The van der Waals surface area contributed by atoms with Gasteiger partial charge in [-0.2, -0.15) is 0 Å². The van der Waals surface area contributed by atoms with E-state index in [-0.39, 0.29) is 43.2 Å². The number of hydrogen-bond donors (Lipinski definition) is 4. The van der Waals surface area contributed by atoms with Crippen LogP contribution in [0.1, 0.15) is 78.2 Å². The molecule has 0 unspecified atom stereocenters. The number of carboxylic acids is 1. The quantitative estimate of drug-likeness (QED) is 0.275. The van der Waals surface area contributed by atoms with E-state index in [1.807, 2.05) is 56.3 Å². The molecule has 0 radical (unpaired) electrons. The number of amides is 4. The molecule has 1 aliphatic heterocycles. The topological polar surface area (TPSA) is 154 Å². The number of fused-ring (bicyclic) bond motifs is 1. The van der Waals surface area contributed by atoms with Crippen molar-refractivity contribution in [2.75, 3.05) is 6.54 Å². The Morgan fingerprint density at radius 1 is 1.00 bits per heavy atom. The summed E-state index contributed by atoms with van der Waals surface area (Å²) in [6, 6.07) is 11.2. The minimum absolute atomic E-state index is 0.0273. The van der Waals surface area contributed by atoms with Crippen molar-refractivity contribution in [2.24, 2.45) is 17.8 Å². The average Bonchev–Trinajstić information content (AvgIpc) is 3.50. The van der Waals surface area contributed by atoms with E-state index < -0.39 is 53.5 Å². The zero-order valence-corrected chi connectivity index (χ0v) is 27.8. The van der Waals surface area contributed by atoms with Crippen LogP contribution < -0.4 is 16.0 Å². The number of carbonyl (C=O) groups excluding carboxylic acids is 4. The first-order chi connectivity index (χ1) is 22.4. The van der Waals surface area contributed by atoms with Crippen LogP contribution in [0, 0.1) is 17.8 Å². The summed E-state index contributed by atoms with van der Waals surface area (Å²) in [7, 11) is 0. The van der Waals surface area contributed by atoms with Crippen molar-refractivity contribution in [2.45, 2.75) is 109 Å². The molecule has 1 saturated heterocycles. The van der Waals surface area contributed by atoms with E-state index >= 15 is 0 Å². The van der Waals surface area contributed by atoms with Gasteiger partial charge in [-0.1, -0.05) is 82.5 Å². The smallest absolute Gasteiger partial charge is 0.329 e. The Morgan fingerprint density at radius 3 is 2.32 bits per heavy atom. The van der Waals surface area contributed by atoms with Crippen LogP contribution in [0.25, 0.3) is 10.8 Å². The van der Waals surface area contributed by atoms with E-state index in [0.29, 0.717) is 6.42 Å². The molecule has 4 N–H and O–H groups in total. The van der Waals surface area contributed by atoms with Gasteiger partial charge in [0.2, 0.25) is 23.6 Å². The molecule has 2 saturated carbocycles. The van der Waals surface area contributed by atoms with Crippen LogP contribution in [0.4, 0.5) is 0 Å². The molecule has 1 heterocycles. The molecule has 11 nitrogen and oxygen atoms in total. The fourth-order valence-electron chi connectivity index (χ4n) is 7.31. The molecule has 2 aliphatic carbocycles. The lowest BCUT2D eigenvalue weighted by atomic mass is 9.83. The van der Waals surface area contributed by atoms with Gasteiger partial charge >= 0.3 is 5.97 Å². The monoisotopic (exact) mass is 648 g/mol. The van der Waals surface area contributed by atoms with Gasteiger partial charge in [0.15, 0.2) is 0 Å². The van der Waals surface area contributed by atoms with Crippen molar-refractivity contribution in [3.63, 3.8) is 0 Å². The van der Waals surface area contributed by atoms with Gasteiger partial charge < -0.3 is 30.7 Å². The summed E-state index contributed by atoms with van der Waals surface area (Å²) in [5.74, 6) is -3.41. The van der Waals surface area contributed by atoms with Gasteiger partial charge in [0, 0.05) is 19.9 Å². The van der Waals surface area contributed by atoms with Crippen molar-refractivity contribution in [3.05, 3.63) is 48.0 Å². The van der Waals surface area contributed by atoms with E-state index in [9.17, 15) is 29.1 Å². The molecule has 0 spiro atoms. The first-order valence-electron chi connectivity index (χ1n) is 16.9. The van der Waals surface area contributed by atoms with Crippen LogP contribution in [-0.4, -0.2) is 75.9 Å². The van der Waals surface area contributed by atoms with E-state index in [1.54, 1.807) is 6.92 Å². The van der Waals surface area contributed by atoms with Crippen molar-refractivity contribution >= 4 is 40.4 Å². The van der Waals surface area contributed by atoms with Crippen molar-refractivity contribution in [1.82, 2.24) is 20.9 Å². The fraction of sp³-hybridized carbons (Fsp3) is 0.583. The maximum atomic E-state index is 14.3. The number of aliphatic carboxylic acids is 1. The second-order valence-electron chi connectivity index (χ2n) is 14.0. The predicted molar refractivity (Wildman–Crippen MR) is 176 cm³/mol. The Hall–Kier alpha value is -3.99. The Labute approximate surface area is 276 Å². The number of nitrogens with zero attached hydrogens (tertiary/aromatic N) is 1. The predicted octanol–water partition coefficient (Wildman–Crippen LogP) is 3.53. The highest BCUT2D eigenvalue weighted by Crippen LogP contribution is 2.43. The van der Waals surface area contributed by atoms with E-state index in [2.05, 4.69) is 16.0 Å². The molecule has 0 aromatic heterocycles. The SMILES string of the molecule is CC(=O)N[C@H](C(=O)N[C@H](C(=O)N1C[C@H](OCc2cccc3ccccc23)C[C@H]1C(=O)N[C@]1(C(=O)O)C[C@@H]1C)C(C)C)C1CCCCC1. The summed E-state index contributed by atoms with van der Waals surface area (Å²) in [4.78, 5) is 67.4. The largest absolute Gasteiger partial charge is 0.479 e. The lowest BCUT2D eigenvalue weighted by molar-refractivity contribution is -0.146. The number of ether oxygens (including phenoxy) is 1. The number of benzene rings is 2. The molecule has 3 fully saturated rings. The summed E-state index contributed by atoms with van der Waals surface area (Å²) in [5.41, 5.74) is -0.380. The van der Waals surface area contributed by atoms with Crippen LogP contribution in [0.3, 0.4) is 0 Å². The van der Waals surface area contributed by atoms with Gasteiger partial charge in [0.1, 0.15) is 23.7 Å². The zero-order valence-electron chi connectivity index (χ0n) is 27.8. The molecule has 47 heavy (non-hydrogen) atoms. The summed E-state index contributed by atoms with van der Waals surface area (Å²) < 4.78 is 6.33. The average molecular weight is 649 g/mol. The van der Waals surface area contributed by atoms with E-state index in [1.165, 1.54) is 11.8 Å². The third-order valence-electron chi connectivity index (χ3n) is 10.2. The summed E-state index contributed by atoms with van der Waals surface area (Å²) >= 11 is 0. The third-order valence-corrected chi connectivity index (χ3v) is 10.2. The molecule has 2 aromatic rings. The molecule has 5 rings (SSSR count). The number of rotatable bonds is 12. The summed E-state index contributed by atoms with van der Waals surface area (Å²) in [5, 5.41) is 20.5. The van der Waals surface area contributed by atoms with Crippen molar-refractivity contribution < 1.29 is 33.8 Å². The van der Waals surface area contributed by atoms with Gasteiger partial charge in [-0.05, 0) is 53.4 Å². The Balaban J connectivity index is 1.36. The van der Waals surface area contributed by atoms with Crippen LogP contribution >= 0.6 is 0 Å². The summed E-state index contributed by atoms with van der Waals surface area (Å²) in [6.45, 7) is 7.16. The van der Waals surface area contributed by atoms with E-state index in [4.69, 9.17) is 4.74 Å². The lowest BCUT2D eigenvalue weighted by Gasteiger charge is -2.34. The molecular weight excluding hydrogens is 600 g/mol. The standard InChI is InChI=1S/C36H48N4O7/c1-21(2)30(38-33(43)31(37-23(4)41)25-12-6-5-7-13-25)34(44)40-19-27(17-29(40)32(42)39-36(35(45)46)18-22(36)3)47-20-26-15-10-14-24-11-8-9-16-28(24)26/h8-11,14-16,21-22,25,27,29-31H,5-7,12-13,17-20H2,1-4H3,(H,37,41)(H,38,43)(H,39,42)(H,45,46)/t22-,27+,29-,30-,31-,36+/m0/s1. The van der Waals surface area contributed by atoms with Crippen LogP contribution in [0.2, 0.25) is 0 Å². The third kappa shape index (κ3) is 7.61. The fourth-order valence-corrected chi connectivity index (χ4v) is 7.31.